The number of nitrogens with zero attached hydrogens (tertiary/aromatic N) is 1. The van der Waals surface area contributed by atoms with Crippen LogP contribution in [0, 0.1) is 6.92 Å². The first-order valence-corrected chi connectivity index (χ1v) is 10.5. The summed E-state index contributed by atoms with van der Waals surface area (Å²) >= 11 is 6.06. The quantitative estimate of drug-likeness (QED) is 0.818. The maximum Gasteiger partial charge on any atom is 0.242 e. The zero-order chi connectivity index (χ0) is 18.6. The van der Waals surface area contributed by atoms with Crippen molar-refractivity contribution in [3.05, 3.63) is 64.7 Å². The fourth-order valence-electron chi connectivity index (χ4n) is 3.15. The number of nitrogens with one attached hydrogen (secondary N) is 1. The molecule has 5 nitrogen and oxygen atoms in total. The van der Waals surface area contributed by atoms with E-state index in [0.29, 0.717) is 13.2 Å². The summed E-state index contributed by atoms with van der Waals surface area (Å²) in [5, 5.41) is 0.221. The first kappa shape index (κ1) is 19.3. The van der Waals surface area contributed by atoms with E-state index in [1.165, 1.54) is 6.07 Å². The summed E-state index contributed by atoms with van der Waals surface area (Å²) in [5.74, 6) is 0. The Balaban J connectivity index is 1.83. The van der Waals surface area contributed by atoms with Gasteiger partial charge in [-0.2, -0.15) is 0 Å². The molecule has 1 saturated heterocycles. The minimum atomic E-state index is -3.68. The number of sulfonamides is 1. The molecule has 26 heavy (non-hydrogen) atoms. The van der Waals surface area contributed by atoms with E-state index in [-0.39, 0.29) is 22.5 Å². The second-order valence-corrected chi connectivity index (χ2v) is 8.50. The topological polar surface area (TPSA) is 58.6 Å². The second kappa shape index (κ2) is 8.50. The second-order valence-electron chi connectivity index (χ2n) is 6.36. The van der Waals surface area contributed by atoms with Crippen LogP contribution < -0.4 is 4.72 Å². The van der Waals surface area contributed by atoms with E-state index in [9.17, 15) is 8.42 Å². The van der Waals surface area contributed by atoms with Crippen molar-refractivity contribution in [1.29, 1.82) is 0 Å². The van der Waals surface area contributed by atoms with Gasteiger partial charge in [0.25, 0.3) is 0 Å². The largest absolute Gasteiger partial charge is 0.379 e. The minimum absolute atomic E-state index is 0.0592. The highest BCUT2D eigenvalue weighted by atomic mass is 35.5. The number of hydrogen-bond donors (Lipinski definition) is 1. The maximum atomic E-state index is 12.7. The van der Waals surface area contributed by atoms with Crippen LogP contribution in [0.15, 0.2) is 53.4 Å². The third kappa shape index (κ3) is 4.64. The summed E-state index contributed by atoms with van der Waals surface area (Å²) in [6.07, 6.45) is 0. The highest BCUT2D eigenvalue weighted by molar-refractivity contribution is 7.89. The molecule has 7 heteroatoms. The monoisotopic (exact) mass is 394 g/mol. The van der Waals surface area contributed by atoms with E-state index in [1.54, 1.807) is 18.2 Å². The molecule has 1 heterocycles. The normalized spacial score (nSPS) is 17.2. The number of halogens is 1. The summed E-state index contributed by atoms with van der Waals surface area (Å²) in [5.41, 5.74) is 2.24. The van der Waals surface area contributed by atoms with Gasteiger partial charge in [0.05, 0.1) is 18.2 Å². The van der Waals surface area contributed by atoms with E-state index in [1.807, 2.05) is 25.1 Å². The van der Waals surface area contributed by atoms with Gasteiger partial charge in [0.15, 0.2) is 0 Å². The molecule has 1 N–H and O–H groups in total. The van der Waals surface area contributed by atoms with Crippen molar-refractivity contribution >= 4 is 21.6 Å². The standard InChI is InChI=1S/C19H23ClN2O3S/c1-15-5-4-6-16(13-15)18(22-9-11-25-12-10-22)14-21-26(23,24)19-8-3-2-7-17(19)20/h2-8,13,18,21H,9-12,14H2,1H3. The zero-order valence-electron chi connectivity index (χ0n) is 14.7. The number of morpholine rings is 1. The Hall–Kier alpha value is -1.44. The fourth-order valence-corrected chi connectivity index (χ4v) is 4.71. The SMILES string of the molecule is Cc1cccc(C(CNS(=O)(=O)c2ccccc2Cl)N2CCOCC2)c1. The average molecular weight is 395 g/mol. The van der Waals surface area contributed by atoms with Crippen LogP contribution in [0.1, 0.15) is 17.2 Å². The van der Waals surface area contributed by atoms with Crippen LogP contribution in [0.4, 0.5) is 0 Å². The molecule has 1 aliphatic heterocycles. The summed E-state index contributed by atoms with van der Waals surface area (Å²) in [4.78, 5) is 2.36. The van der Waals surface area contributed by atoms with Crippen molar-refractivity contribution in [1.82, 2.24) is 9.62 Å². The minimum Gasteiger partial charge on any atom is -0.379 e. The van der Waals surface area contributed by atoms with Gasteiger partial charge in [0.2, 0.25) is 10.0 Å². The number of rotatable bonds is 6. The van der Waals surface area contributed by atoms with Crippen molar-refractivity contribution in [2.24, 2.45) is 0 Å². The molecule has 2 aromatic carbocycles. The molecular formula is C19H23ClN2O3S. The Morgan fingerprint density at radius 2 is 1.88 bits per heavy atom. The molecular weight excluding hydrogens is 372 g/mol. The Morgan fingerprint density at radius 1 is 1.15 bits per heavy atom. The smallest absolute Gasteiger partial charge is 0.242 e. The van der Waals surface area contributed by atoms with E-state index in [4.69, 9.17) is 16.3 Å². The Labute approximate surface area is 160 Å². The Kier molecular flexibility index (Phi) is 6.32. The lowest BCUT2D eigenvalue weighted by atomic mass is 10.0. The highest BCUT2D eigenvalue weighted by Crippen LogP contribution is 2.24. The first-order valence-electron chi connectivity index (χ1n) is 8.60. The van der Waals surface area contributed by atoms with Gasteiger partial charge in [-0.1, -0.05) is 53.6 Å². The molecule has 3 rings (SSSR count). The lowest BCUT2D eigenvalue weighted by Gasteiger charge is -2.35. The van der Waals surface area contributed by atoms with E-state index in [2.05, 4.69) is 15.7 Å². The van der Waals surface area contributed by atoms with Crippen molar-refractivity contribution in [2.45, 2.75) is 17.9 Å². The van der Waals surface area contributed by atoms with E-state index < -0.39 is 10.0 Å². The number of hydrogen-bond acceptors (Lipinski definition) is 4. The van der Waals surface area contributed by atoms with Crippen LogP contribution in [0.3, 0.4) is 0 Å². The molecule has 0 bridgehead atoms. The highest BCUT2D eigenvalue weighted by Gasteiger charge is 2.25. The Morgan fingerprint density at radius 3 is 2.58 bits per heavy atom. The van der Waals surface area contributed by atoms with Gasteiger partial charge in [0.1, 0.15) is 4.90 Å². The lowest BCUT2D eigenvalue weighted by Crippen LogP contribution is -2.43. The molecule has 0 saturated carbocycles. The molecule has 0 amide bonds. The molecule has 1 aliphatic rings. The predicted molar refractivity (Wildman–Crippen MR) is 103 cm³/mol. The van der Waals surface area contributed by atoms with E-state index >= 15 is 0 Å². The average Bonchev–Trinajstić information content (AvgIpc) is 2.63. The molecule has 0 aliphatic carbocycles. The van der Waals surface area contributed by atoms with Crippen LogP contribution in [0.25, 0.3) is 0 Å². The fraction of sp³-hybridized carbons (Fsp3) is 0.368. The molecule has 1 unspecified atom stereocenters. The van der Waals surface area contributed by atoms with Crippen molar-refractivity contribution in [2.75, 3.05) is 32.8 Å². The maximum absolute atomic E-state index is 12.7. The summed E-state index contributed by atoms with van der Waals surface area (Å²) < 4.78 is 33.6. The summed E-state index contributed by atoms with van der Waals surface area (Å²) in [7, 11) is -3.68. The number of benzene rings is 2. The van der Waals surface area contributed by atoms with E-state index in [0.717, 1.165) is 24.2 Å². The third-order valence-electron chi connectivity index (χ3n) is 4.51. The van der Waals surface area contributed by atoms with Gasteiger partial charge in [0, 0.05) is 25.7 Å². The molecule has 0 spiro atoms. The van der Waals surface area contributed by atoms with Gasteiger partial charge < -0.3 is 4.74 Å². The molecule has 1 fully saturated rings. The molecule has 140 valence electrons. The number of aryl methyl sites for hydroxylation is 1. The van der Waals surface area contributed by atoms with Crippen molar-refractivity contribution in [3.8, 4) is 0 Å². The van der Waals surface area contributed by atoms with Gasteiger partial charge in [-0.05, 0) is 24.6 Å². The zero-order valence-corrected chi connectivity index (χ0v) is 16.3. The molecule has 0 aromatic heterocycles. The Bertz CT molecular complexity index is 851. The first-order chi connectivity index (χ1) is 12.5. The van der Waals surface area contributed by atoms with Crippen LogP contribution in [0.5, 0.6) is 0 Å². The van der Waals surface area contributed by atoms with Gasteiger partial charge in [-0.25, -0.2) is 13.1 Å². The van der Waals surface area contributed by atoms with Crippen LogP contribution >= 0.6 is 11.6 Å². The van der Waals surface area contributed by atoms with Gasteiger partial charge >= 0.3 is 0 Å². The van der Waals surface area contributed by atoms with Crippen molar-refractivity contribution in [3.63, 3.8) is 0 Å². The summed E-state index contributed by atoms with van der Waals surface area (Å²) in [6.45, 7) is 5.16. The van der Waals surface area contributed by atoms with Crippen LogP contribution in [0.2, 0.25) is 5.02 Å². The molecule has 0 radical (unpaired) electrons. The molecule has 2 aromatic rings. The molecule has 1 atom stereocenters. The number of ether oxygens (including phenoxy) is 1. The van der Waals surface area contributed by atoms with Crippen LogP contribution in [-0.4, -0.2) is 46.2 Å². The summed E-state index contributed by atoms with van der Waals surface area (Å²) in [6, 6.07) is 14.6. The van der Waals surface area contributed by atoms with Crippen molar-refractivity contribution < 1.29 is 13.2 Å². The third-order valence-corrected chi connectivity index (χ3v) is 6.43. The predicted octanol–water partition coefficient (Wildman–Crippen LogP) is 3.00. The van der Waals surface area contributed by atoms with Gasteiger partial charge in [-0.15, -0.1) is 0 Å². The lowest BCUT2D eigenvalue weighted by molar-refractivity contribution is 0.0172. The van der Waals surface area contributed by atoms with Crippen LogP contribution in [-0.2, 0) is 14.8 Å². The van der Waals surface area contributed by atoms with Gasteiger partial charge in [-0.3, -0.25) is 4.90 Å².